The summed E-state index contributed by atoms with van der Waals surface area (Å²) in [6, 6.07) is 17.7. The summed E-state index contributed by atoms with van der Waals surface area (Å²) in [7, 11) is 2.91. The second kappa shape index (κ2) is 8.66. The fourth-order valence-electron chi connectivity index (χ4n) is 2.56. The number of carbonyl (C=O) groups is 1. The monoisotopic (exact) mass is 364 g/mol. The molecule has 7 heteroatoms. The summed E-state index contributed by atoms with van der Waals surface area (Å²) in [5.74, 6) is 0.769. The summed E-state index contributed by atoms with van der Waals surface area (Å²) >= 11 is 0. The lowest BCUT2D eigenvalue weighted by Gasteiger charge is -2.03. The SMILES string of the molecule is COC(=O)N/N=C\c1cn(Cc2ccccc2)nc1-c1ccc(OC)cc1. The molecule has 0 aliphatic rings. The summed E-state index contributed by atoms with van der Waals surface area (Å²) in [5.41, 5.74) is 5.87. The average Bonchev–Trinajstić information content (AvgIpc) is 3.11. The number of hydrogen-bond acceptors (Lipinski definition) is 5. The molecule has 3 rings (SSSR count). The molecule has 1 N–H and O–H groups in total. The first-order chi connectivity index (χ1) is 13.2. The molecule has 27 heavy (non-hydrogen) atoms. The van der Waals surface area contributed by atoms with Crippen molar-refractivity contribution >= 4 is 12.3 Å². The Labute approximate surface area is 157 Å². The highest BCUT2D eigenvalue weighted by atomic mass is 16.5. The second-order valence-corrected chi connectivity index (χ2v) is 5.71. The Morgan fingerprint density at radius 1 is 1.15 bits per heavy atom. The minimum atomic E-state index is -0.631. The van der Waals surface area contributed by atoms with Crippen molar-refractivity contribution < 1.29 is 14.3 Å². The van der Waals surface area contributed by atoms with Crippen LogP contribution in [0.2, 0.25) is 0 Å². The van der Waals surface area contributed by atoms with E-state index in [1.54, 1.807) is 13.3 Å². The van der Waals surface area contributed by atoms with Crippen molar-refractivity contribution in [2.75, 3.05) is 14.2 Å². The third-order valence-electron chi connectivity index (χ3n) is 3.89. The Morgan fingerprint density at radius 2 is 1.89 bits per heavy atom. The highest BCUT2D eigenvalue weighted by molar-refractivity contribution is 5.89. The van der Waals surface area contributed by atoms with E-state index in [2.05, 4.69) is 20.4 Å². The highest BCUT2D eigenvalue weighted by Crippen LogP contribution is 2.24. The van der Waals surface area contributed by atoms with E-state index in [1.165, 1.54) is 7.11 Å². The van der Waals surface area contributed by atoms with Gasteiger partial charge in [0.15, 0.2) is 0 Å². The number of hydrogen-bond donors (Lipinski definition) is 1. The molecular weight excluding hydrogens is 344 g/mol. The maximum Gasteiger partial charge on any atom is 0.427 e. The molecule has 138 valence electrons. The van der Waals surface area contributed by atoms with Crippen molar-refractivity contribution in [3.8, 4) is 17.0 Å². The Bertz CT molecular complexity index is 918. The van der Waals surface area contributed by atoms with E-state index in [0.717, 1.165) is 28.1 Å². The number of amides is 1. The summed E-state index contributed by atoms with van der Waals surface area (Å²) < 4.78 is 11.6. The van der Waals surface area contributed by atoms with Crippen molar-refractivity contribution in [2.24, 2.45) is 5.10 Å². The number of nitrogens with zero attached hydrogens (tertiary/aromatic N) is 3. The standard InChI is InChI=1S/C20H20N4O3/c1-26-18-10-8-16(9-11-18)19-17(12-21-22-20(25)27-2)14-24(23-19)13-15-6-4-3-5-7-15/h3-12,14H,13H2,1-2H3,(H,22,25)/b21-12-. The molecule has 1 amide bonds. The molecule has 7 nitrogen and oxygen atoms in total. The van der Waals surface area contributed by atoms with Crippen molar-refractivity contribution in [1.82, 2.24) is 15.2 Å². The first-order valence-corrected chi connectivity index (χ1v) is 8.32. The molecule has 0 aliphatic heterocycles. The van der Waals surface area contributed by atoms with E-state index >= 15 is 0 Å². The maximum absolute atomic E-state index is 11.2. The largest absolute Gasteiger partial charge is 0.497 e. The van der Waals surface area contributed by atoms with E-state index < -0.39 is 6.09 Å². The molecule has 1 heterocycles. The predicted molar refractivity (Wildman–Crippen MR) is 103 cm³/mol. The van der Waals surface area contributed by atoms with Crippen molar-refractivity contribution in [3.05, 3.63) is 71.9 Å². The fraction of sp³-hybridized carbons (Fsp3) is 0.150. The fourth-order valence-corrected chi connectivity index (χ4v) is 2.56. The van der Waals surface area contributed by atoms with Gasteiger partial charge in [-0.3, -0.25) is 4.68 Å². The van der Waals surface area contributed by atoms with Gasteiger partial charge in [0.1, 0.15) is 11.4 Å². The molecule has 0 bridgehead atoms. The summed E-state index contributed by atoms with van der Waals surface area (Å²) in [6.45, 7) is 0.627. The number of carbonyl (C=O) groups excluding carboxylic acids is 1. The van der Waals surface area contributed by atoms with Crippen molar-refractivity contribution in [1.29, 1.82) is 0 Å². The molecule has 2 aromatic carbocycles. The molecule has 3 aromatic rings. The molecule has 0 saturated heterocycles. The number of rotatable bonds is 6. The highest BCUT2D eigenvalue weighted by Gasteiger charge is 2.11. The minimum absolute atomic E-state index is 0.627. The third-order valence-corrected chi connectivity index (χ3v) is 3.89. The summed E-state index contributed by atoms with van der Waals surface area (Å²) in [4.78, 5) is 11.2. The van der Waals surface area contributed by atoms with Crippen LogP contribution in [0.15, 0.2) is 65.9 Å². The van der Waals surface area contributed by atoms with Gasteiger partial charge in [-0.25, -0.2) is 10.2 Å². The molecule has 1 aromatic heterocycles. The third kappa shape index (κ3) is 4.72. The Kier molecular flexibility index (Phi) is 5.84. The van der Waals surface area contributed by atoms with Gasteiger partial charge in [0, 0.05) is 17.3 Å². The van der Waals surface area contributed by atoms with Gasteiger partial charge >= 0.3 is 6.09 Å². The number of methoxy groups -OCH3 is 2. The number of aromatic nitrogens is 2. The Balaban J connectivity index is 1.91. The molecule has 0 aliphatic carbocycles. The van der Waals surface area contributed by atoms with Gasteiger partial charge in [0.2, 0.25) is 0 Å². The van der Waals surface area contributed by atoms with Crippen LogP contribution in [0.4, 0.5) is 4.79 Å². The van der Waals surface area contributed by atoms with Gasteiger partial charge in [0.05, 0.1) is 27.0 Å². The second-order valence-electron chi connectivity index (χ2n) is 5.71. The summed E-state index contributed by atoms with van der Waals surface area (Å²) in [5, 5.41) is 8.61. The van der Waals surface area contributed by atoms with Crippen LogP contribution in [0.5, 0.6) is 5.75 Å². The van der Waals surface area contributed by atoms with Crippen LogP contribution < -0.4 is 10.2 Å². The smallest absolute Gasteiger partial charge is 0.427 e. The van der Waals surface area contributed by atoms with Crippen LogP contribution in [0.25, 0.3) is 11.3 Å². The quantitative estimate of drug-likeness (QED) is 0.538. The van der Waals surface area contributed by atoms with Crippen LogP contribution in [-0.4, -0.2) is 36.3 Å². The van der Waals surface area contributed by atoms with Crippen molar-refractivity contribution in [3.63, 3.8) is 0 Å². The first kappa shape index (κ1) is 18.2. The lowest BCUT2D eigenvalue weighted by Crippen LogP contribution is -2.16. The van der Waals surface area contributed by atoms with Gasteiger partial charge in [-0.1, -0.05) is 30.3 Å². The van der Waals surface area contributed by atoms with Crippen LogP contribution in [0.1, 0.15) is 11.1 Å². The van der Waals surface area contributed by atoms with E-state index in [4.69, 9.17) is 4.74 Å². The topological polar surface area (TPSA) is 77.7 Å². The average molecular weight is 364 g/mol. The Morgan fingerprint density at radius 3 is 2.56 bits per heavy atom. The molecular formula is C20H20N4O3. The van der Waals surface area contributed by atoms with Gasteiger partial charge in [-0.15, -0.1) is 0 Å². The zero-order chi connectivity index (χ0) is 19.1. The number of benzene rings is 2. The molecule has 0 saturated carbocycles. The zero-order valence-corrected chi connectivity index (χ0v) is 15.1. The van der Waals surface area contributed by atoms with Gasteiger partial charge in [0.25, 0.3) is 0 Å². The Hall–Kier alpha value is -3.61. The number of nitrogens with one attached hydrogen (secondary N) is 1. The number of ether oxygens (including phenoxy) is 2. The van der Waals surface area contributed by atoms with Crippen LogP contribution in [0.3, 0.4) is 0 Å². The molecule has 0 unspecified atom stereocenters. The molecule has 0 spiro atoms. The van der Waals surface area contributed by atoms with Gasteiger partial charge in [-0.2, -0.15) is 10.2 Å². The summed E-state index contributed by atoms with van der Waals surface area (Å²) in [6.07, 6.45) is 2.80. The van der Waals surface area contributed by atoms with E-state index in [1.807, 2.05) is 65.5 Å². The number of hydrazone groups is 1. The normalized spacial score (nSPS) is 10.7. The predicted octanol–water partition coefficient (Wildman–Crippen LogP) is 3.30. The van der Waals surface area contributed by atoms with E-state index in [-0.39, 0.29) is 0 Å². The lowest BCUT2D eigenvalue weighted by molar-refractivity contribution is 0.171. The van der Waals surface area contributed by atoms with Gasteiger partial charge < -0.3 is 9.47 Å². The van der Waals surface area contributed by atoms with Crippen LogP contribution >= 0.6 is 0 Å². The lowest BCUT2D eigenvalue weighted by atomic mass is 10.1. The zero-order valence-electron chi connectivity index (χ0n) is 15.1. The van der Waals surface area contributed by atoms with Crippen LogP contribution in [-0.2, 0) is 11.3 Å². The first-order valence-electron chi connectivity index (χ1n) is 8.32. The molecule has 0 fully saturated rings. The molecule has 0 radical (unpaired) electrons. The minimum Gasteiger partial charge on any atom is -0.497 e. The van der Waals surface area contributed by atoms with Gasteiger partial charge in [-0.05, 0) is 29.8 Å². The maximum atomic E-state index is 11.2. The van der Waals surface area contributed by atoms with E-state index in [9.17, 15) is 4.79 Å². The van der Waals surface area contributed by atoms with E-state index in [0.29, 0.717) is 6.54 Å². The van der Waals surface area contributed by atoms with Crippen LogP contribution in [0, 0.1) is 0 Å². The van der Waals surface area contributed by atoms with Crippen molar-refractivity contribution in [2.45, 2.75) is 6.54 Å². The molecule has 0 atom stereocenters.